The van der Waals surface area contributed by atoms with E-state index in [9.17, 15) is 67.7 Å². The maximum atomic E-state index is 13.6. The van der Waals surface area contributed by atoms with Crippen molar-refractivity contribution in [2.24, 2.45) is 0 Å². The zero-order valence-electron chi connectivity index (χ0n) is 46.8. The Balaban J connectivity index is 1.18. The Morgan fingerprint density at radius 1 is 0.720 bits per heavy atom. The molecule has 0 saturated carbocycles. The summed E-state index contributed by atoms with van der Waals surface area (Å²) in [5.41, 5.74) is 2.33. The van der Waals surface area contributed by atoms with E-state index in [0.29, 0.717) is 131 Å². The van der Waals surface area contributed by atoms with E-state index in [2.05, 4.69) is 25.8 Å². The molecule has 4 aliphatic heterocycles. The summed E-state index contributed by atoms with van der Waals surface area (Å²) in [5.74, 6) is -2.41. The molecule has 6 amide bonds. The van der Waals surface area contributed by atoms with Crippen LogP contribution in [0.4, 0.5) is 11.4 Å². The van der Waals surface area contributed by atoms with Gasteiger partial charge < -0.3 is 30.7 Å². The first-order chi connectivity index (χ1) is 38.7. The van der Waals surface area contributed by atoms with Gasteiger partial charge in [0.05, 0.1) is 21.0 Å². The van der Waals surface area contributed by atoms with E-state index in [0.717, 1.165) is 10.6 Å². The van der Waals surface area contributed by atoms with Crippen LogP contribution in [0.2, 0.25) is 0 Å². The van der Waals surface area contributed by atoms with Crippen molar-refractivity contribution in [3.05, 3.63) is 95.8 Å². The second kappa shape index (κ2) is 28.7. The number of nitrogens with zero attached hydrogens (tertiary/aromatic N) is 3. The first-order valence-corrected chi connectivity index (χ1v) is 32.5. The van der Waals surface area contributed by atoms with Gasteiger partial charge in [-0.25, -0.2) is 8.42 Å². The van der Waals surface area contributed by atoms with Gasteiger partial charge in [-0.15, -0.1) is 0 Å². The van der Waals surface area contributed by atoms with E-state index in [1.165, 1.54) is 36.4 Å². The monoisotopic (exact) mass is 1200 g/mol. The quantitative estimate of drug-likeness (QED) is 0.0539. The van der Waals surface area contributed by atoms with Crippen molar-refractivity contribution in [2.75, 3.05) is 49.9 Å². The Kier molecular flexibility index (Phi) is 22.7. The van der Waals surface area contributed by atoms with Crippen LogP contribution in [0.5, 0.6) is 0 Å². The number of hydrogen-bond donors (Lipinski definition) is 6. The van der Waals surface area contributed by atoms with E-state index in [1.807, 2.05) is 43.9 Å². The number of hydrogen-bond acceptors (Lipinski definition) is 14. The van der Waals surface area contributed by atoms with Crippen molar-refractivity contribution in [3.8, 4) is 0 Å². The lowest BCUT2D eigenvalue weighted by molar-refractivity contribution is -0.438. The summed E-state index contributed by atoms with van der Waals surface area (Å²) in [6.07, 6.45) is 19.0. The molecule has 0 bridgehead atoms. The number of anilines is 1. The maximum Gasteiger partial charge on any atom is 0.294 e. The lowest BCUT2D eigenvalue weighted by Crippen LogP contribution is -2.47. The second-order valence-corrected chi connectivity index (χ2v) is 26.2. The second-order valence-electron chi connectivity index (χ2n) is 21.8. The van der Waals surface area contributed by atoms with Gasteiger partial charge in [-0.05, 0) is 127 Å². The molecule has 4 aliphatic rings. The van der Waals surface area contributed by atoms with E-state index in [1.54, 1.807) is 24.3 Å². The third-order valence-corrected chi connectivity index (χ3v) is 17.9. The molecule has 22 nitrogen and oxygen atoms in total. The van der Waals surface area contributed by atoms with Crippen LogP contribution in [0.1, 0.15) is 141 Å². The van der Waals surface area contributed by atoms with Crippen LogP contribution in [0.15, 0.2) is 94.4 Å². The van der Waals surface area contributed by atoms with Crippen molar-refractivity contribution < 1.29 is 72.3 Å². The average Bonchev–Trinajstić information content (AvgIpc) is 4.11. The molecule has 448 valence electrons. The summed E-state index contributed by atoms with van der Waals surface area (Å²) in [7, 11) is -13.7. The zero-order chi connectivity index (χ0) is 59.9. The number of imide groups is 1. The van der Waals surface area contributed by atoms with Gasteiger partial charge in [0.2, 0.25) is 29.3 Å². The minimum Gasteiger partial charge on any atom is -0.744 e. The molecule has 2 atom stereocenters. The third-order valence-electron chi connectivity index (χ3n) is 15.4. The SMILES string of the molecule is CC1(C)C2=[N+](CCCCCC(=O)NC(C(=O)NCCCCCC(=O)NCCN3C(=O)C=CC3=O)CCCCNC(=O)CCCCCC3(C)/C(=C/C=C/C=C/2)N(CCCS(=O)(=O)O)c2ccc(S(=O)(=O)O)cc23)c2ccc(S(=O)(=O)[O-])cc21. The van der Waals surface area contributed by atoms with Gasteiger partial charge in [0.1, 0.15) is 22.7 Å². The van der Waals surface area contributed by atoms with Crippen LogP contribution < -0.4 is 26.2 Å². The average molecular weight is 1200 g/mol. The fourth-order valence-electron chi connectivity index (χ4n) is 11.0. The lowest BCUT2D eigenvalue weighted by Gasteiger charge is -2.30. The van der Waals surface area contributed by atoms with Crippen LogP contribution in [0.3, 0.4) is 0 Å². The lowest BCUT2D eigenvalue weighted by atomic mass is 9.77. The Bertz CT molecular complexity index is 3220. The van der Waals surface area contributed by atoms with E-state index in [-0.39, 0.29) is 78.7 Å². The molecule has 0 fully saturated rings. The number of fused-ring (bicyclic) bond motifs is 5. The molecule has 82 heavy (non-hydrogen) atoms. The summed E-state index contributed by atoms with van der Waals surface area (Å²) in [4.78, 5) is 78.1. The molecular formula is C57H77N7O15S3. The van der Waals surface area contributed by atoms with Gasteiger partial charge in [-0.3, -0.25) is 42.8 Å². The van der Waals surface area contributed by atoms with Gasteiger partial charge in [0.25, 0.3) is 32.1 Å². The van der Waals surface area contributed by atoms with E-state index in [4.69, 9.17) is 0 Å². The standard InChI is InChI=1S/C57H77N7O15S3/c1-56(2)43-39-41(81(74,75)76)25-27-46(43)62-35-17-7-12-24-52(67)61-45(55(70)60-33-15-6-11-23-51(66)59-34-37-64-53(68)29-30-54(64)69)19-13-16-32-58-50(65)22-10-5-14-31-57(3)44-40-42(82(77,78)79)26-28-47(44)63(36-18-38-80(71,72)73)49(57)21-9-4-8-20-48(56)62/h4,8-9,20-21,25-30,39-40,45H,5-7,10-19,22-24,31-38H2,1-3H3,(H6-,58,59,60,61,65,66,67,70,71,72,73,74,75,76,77,78,79). The van der Waals surface area contributed by atoms with Crippen molar-refractivity contribution in [1.29, 1.82) is 0 Å². The van der Waals surface area contributed by atoms with Crippen molar-refractivity contribution in [1.82, 2.24) is 26.2 Å². The third kappa shape index (κ3) is 17.8. The number of unbranched alkanes of at least 4 members (excludes halogenated alkanes) is 2. The van der Waals surface area contributed by atoms with Crippen LogP contribution in [-0.4, -0.2) is 141 Å². The van der Waals surface area contributed by atoms with Crippen LogP contribution in [-0.2, 0) is 70.0 Å². The normalized spacial score (nSPS) is 22.3. The minimum atomic E-state index is -4.79. The molecule has 0 aliphatic carbocycles. The maximum absolute atomic E-state index is 13.6. The van der Waals surface area contributed by atoms with Crippen molar-refractivity contribution in [3.63, 3.8) is 0 Å². The molecule has 6 rings (SSSR count). The van der Waals surface area contributed by atoms with Crippen LogP contribution in [0.25, 0.3) is 0 Å². The highest BCUT2D eigenvalue weighted by Gasteiger charge is 2.45. The first kappa shape index (κ1) is 64.8. The highest BCUT2D eigenvalue weighted by atomic mass is 32.2. The molecule has 4 heterocycles. The number of amides is 6. The van der Waals surface area contributed by atoms with Crippen molar-refractivity contribution >= 4 is 82.9 Å². The van der Waals surface area contributed by atoms with Gasteiger partial charge in [-0.2, -0.15) is 21.4 Å². The predicted molar refractivity (Wildman–Crippen MR) is 306 cm³/mol. The topological polar surface area (TPSA) is 326 Å². The van der Waals surface area contributed by atoms with Gasteiger partial charge in [-0.1, -0.05) is 37.5 Å². The van der Waals surface area contributed by atoms with E-state index >= 15 is 0 Å². The van der Waals surface area contributed by atoms with Crippen LogP contribution in [0, 0.1) is 0 Å². The zero-order valence-corrected chi connectivity index (χ0v) is 49.3. The smallest absolute Gasteiger partial charge is 0.294 e. The Morgan fingerprint density at radius 3 is 2.12 bits per heavy atom. The van der Waals surface area contributed by atoms with Crippen LogP contribution >= 0.6 is 0 Å². The minimum absolute atomic E-state index is 0.0250. The fraction of sp³-hybridized carbons (Fsp3) is 0.526. The summed E-state index contributed by atoms with van der Waals surface area (Å²) in [6.45, 7) is 7.24. The predicted octanol–water partition coefficient (Wildman–Crippen LogP) is 5.28. The molecule has 6 N–H and O–H groups in total. The number of benzene rings is 2. The first-order valence-electron chi connectivity index (χ1n) is 28.0. The summed E-state index contributed by atoms with van der Waals surface area (Å²) < 4.78 is 107. The van der Waals surface area contributed by atoms with Gasteiger partial charge in [0, 0.05) is 105 Å². The number of carbonyl (C=O) groups excluding carboxylic acids is 6. The highest BCUT2D eigenvalue weighted by Crippen LogP contribution is 2.51. The molecule has 2 aromatic carbocycles. The molecule has 0 spiro atoms. The Labute approximate surface area is 481 Å². The Morgan fingerprint density at radius 2 is 1.41 bits per heavy atom. The van der Waals surface area contributed by atoms with E-state index < -0.39 is 64.8 Å². The molecule has 0 radical (unpaired) electrons. The summed E-state index contributed by atoms with van der Waals surface area (Å²) >= 11 is 0. The number of nitrogens with one attached hydrogen (secondary N) is 4. The van der Waals surface area contributed by atoms with Gasteiger partial charge >= 0.3 is 0 Å². The number of carbonyl (C=O) groups is 6. The summed E-state index contributed by atoms with van der Waals surface area (Å²) in [6, 6.07) is 7.72. The molecule has 0 aromatic heterocycles. The number of rotatable bonds is 16. The molecule has 25 heteroatoms. The highest BCUT2D eigenvalue weighted by molar-refractivity contribution is 7.86. The molecular weight excluding hydrogens is 1120 g/mol. The summed E-state index contributed by atoms with van der Waals surface area (Å²) in [5, 5.41) is 11.5. The molecule has 0 saturated heterocycles. The molecule has 2 aromatic rings. The fourth-order valence-corrected chi connectivity index (χ4v) is 12.5. The largest absolute Gasteiger partial charge is 0.744 e. The Hall–Kier alpha value is -6.38. The number of allylic oxidation sites excluding steroid dienone is 6. The van der Waals surface area contributed by atoms with Crippen molar-refractivity contribution in [2.45, 2.75) is 157 Å². The molecule has 2 unspecified atom stereocenters. The van der Waals surface area contributed by atoms with Gasteiger partial charge in [0.15, 0.2) is 5.71 Å².